The van der Waals surface area contributed by atoms with Gasteiger partial charge in [-0.2, -0.15) is 0 Å². The molecular weight excluding hydrogens is 278 g/mol. The van der Waals surface area contributed by atoms with Gasteiger partial charge in [0.1, 0.15) is 0 Å². The molecule has 0 radical (unpaired) electrons. The summed E-state index contributed by atoms with van der Waals surface area (Å²) in [6.45, 7) is 3.90. The molecule has 0 atom stereocenters. The van der Waals surface area contributed by atoms with E-state index in [1.807, 2.05) is 32.0 Å². The van der Waals surface area contributed by atoms with Crippen molar-refractivity contribution in [2.75, 3.05) is 7.11 Å². The fourth-order valence-electron chi connectivity index (χ4n) is 1.92. The summed E-state index contributed by atoms with van der Waals surface area (Å²) in [5.41, 5.74) is 1.43. The number of methoxy groups -OCH3 is 1. The fraction of sp³-hybridized carbons (Fsp3) is 0.222. The van der Waals surface area contributed by atoms with Gasteiger partial charge in [-0.25, -0.2) is 0 Å². The van der Waals surface area contributed by atoms with Gasteiger partial charge in [-0.1, -0.05) is 12.1 Å². The molecular formula is C18H19NO3. The topological polar surface area (TPSA) is 48.4 Å². The van der Waals surface area contributed by atoms with Crippen LogP contribution in [0.25, 0.3) is 6.08 Å². The average Bonchev–Trinajstić information content (AvgIpc) is 2.53. The SMILES string of the molecule is COc1ccc(/C=C/C(=O)c2cccnc2)cc1OC(C)C. The highest BCUT2D eigenvalue weighted by atomic mass is 16.5. The smallest absolute Gasteiger partial charge is 0.187 e. The van der Waals surface area contributed by atoms with E-state index in [0.717, 1.165) is 5.56 Å². The van der Waals surface area contributed by atoms with Gasteiger partial charge in [0.2, 0.25) is 0 Å². The Morgan fingerprint density at radius 2 is 2.05 bits per heavy atom. The maximum atomic E-state index is 12.0. The summed E-state index contributed by atoms with van der Waals surface area (Å²) in [6, 6.07) is 9.03. The molecule has 114 valence electrons. The van der Waals surface area contributed by atoms with E-state index in [9.17, 15) is 4.79 Å². The lowest BCUT2D eigenvalue weighted by Crippen LogP contribution is -2.06. The van der Waals surface area contributed by atoms with Gasteiger partial charge in [0, 0.05) is 18.0 Å². The Morgan fingerprint density at radius 1 is 1.23 bits per heavy atom. The molecule has 2 rings (SSSR count). The number of pyridine rings is 1. The molecule has 0 fully saturated rings. The Bertz CT molecular complexity index is 663. The molecule has 4 heteroatoms. The van der Waals surface area contributed by atoms with Crippen molar-refractivity contribution in [3.05, 3.63) is 59.9 Å². The molecule has 0 spiro atoms. The first kappa shape index (κ1) is 15.8. The van der Waals surface area contributed by atoms with Crippen LogP contribution < -0.4 is 9.47 Å². The fourth-order valence-corrected chi connectivity index (χ4v) is 1.92. The summed E-state index contributed by atoms with van der Waals surface area (Å²) in [7, 11) is 1.60. The van der Waals surface area contributed by atoms with Crippen LogP contribution >= 0.6 is 0 Å². The minimum Gasteiger partial charge on any atom is -0.493 e. The largest absolute Gasteiger partial charge is 0.493 e. The van der Waals surface area contributed by atoms with Crippen LogP contribution in [-0.2, 0) is 0 Å². The number of carbonyl (C=O) groups is 1. The van der Waals surface area contributed by atoms with E-state index >= 15 is 0 Å². The Morgan fingerprint density at radius 3 is 2.68 bits per heavy atom. The summed E-state index contributed by atoms with van der Waals surface area (Å²) >= 11 is 0. The lowest BCUT2D eigenvalue weighted by Gasteiger charge is -2.13. The first-order chi connectivity index (χ1) is 10.6. The van der Waals surface area contributed by atoms with Crippen molar-refractivity contribution in [3.63, 3.8) is 0 Å². The highest BCUT2D eigenvalue weighted by molar-refractivity contribution is 6.06. The number of ketones is 1. The number of nitrogens with zero attached hydrogens (tertiary/aromatic N) is 1. The second-order valence-electron chi connectivity index (χ2n) is 5.02. The van der Waals surface area contributed by atoms with Gasteiger partial charge in [-0.15, -0.1) is 0 Å². The molecule has 0 aliphatic carbocycles. The number of allylic oxidation sites excluding steroid dienone is 1. The van der Waals surface area contributed by atoms with Crippen LogP contribution in [0, 0.1) is 0 Å². The average molecular weight is 297 g/mol. The van der Waals surface area contributed by atoms with Gasteiger partial charge in [0.15, 0.2) is 17.3 Å². The molecule has 0 aliphatic heterocycles. The number of benzene rings is 1. The van der Waals surface area contributed by atoms with Crippen molar-refractivity contribution in [2.24, 2.45) is 0 Å². The van der Waals surface area contributed by atoms with Crippen molar-refractivity contribution >= 4 is 11.9 Å². The van der Waals surface area contributed by atoms with Gasteiger partial charge in [-0.05, 0) is 49.8 Å². The first-order valence-electron chi connectivity index (χ1n) is 7.07. The Balaban J connectivity index is 2.19. The Hall–Kier alpha value is -2.62. The monoisotopic (exact) mass is 297 g/mol. The van der Waals surface area contributed by atoms with Gasteiger partial charge in [0.05, 0.1) is 13.2 Å². The minimum atomic E-state index is -0.0877. The second kappa shape index (κ2) is 7.41. The molecule has 0 amide bonds. The van der Waals surface area contributed by atoms with E-state index in [2.05, 4.69) is 4.98 Å². The summed E-state index contributed by atoms with van der Waals surface area (Å²) in [5, 5.41) is 0. The third kappa shape index (κ3) is 4.19. The normalized spacial score (nSPS) is 10.9. The van der Waals surface area contributed by atoms with E-state index in [-0.39, 0.29) is 11.9 Å². The number of aromatic nitrogens is 1. The van der Waals surface area contributed by atoms with Crippen molar-refractivity contribution in [3.8, 4) is 11.5 Å². The summed E-state index contributed by atoms with van der Waals surface area (Å²) in [6.07, 6.45) is 6.51. The Labute approximate surface area is 130 Å². The number of hydrogen-bond donors (Lipinski definition) is 0. The molecule has 0 saturated heterocycles. The lowest BCUT2D eigenvalue weighted by atomic mass is 10.1. The van der Waals surface area contributed by atoms with Crippen LogP contribution in [0.2, 0.25) is 0 Å². The van der Waals surface area contributed by atoms with Crippen LogP contribution in [0.1, 0.15) is 29.8 Å². The van der Waals surface area contributed by atoms with Crippen molar-refractivity contribution in [1.29, 1.82) is 0 Å². The molecule has 2 aromatic rings. The van der Waals surface area contributed by atoms with Crippen LogP contribution in [-0.4, -0.2) is 24.0 Å². The van der Waals surface area contributed by atoms with Crippen LogP contribution in [0.15, 0.2) is 48.8 Å². The van der Waals surface area contributed by atoms with E-state index in [1.54, 1.807) is 37.7 Å². The molecule has 22 heavy (non-hydrogen) atoms. The quantitative estimate of drug-likeness (QED) is 0.601. The summed E-state index contributed by atoms with van der Waals surface area (Å²) in [5.74, 6) is 1.24. The standard InChI is InChI=1S/C18H19NO3/c1-13(2)22-18-11-14(7-9-17(18)21-3)6-8-16(20)15-5-4-10-19-12-15/h4-13H,1-3H3/b8-6+. The molecule has 1 heterocycles. The molecule has 0 aliphatic rings. The van der Waals surface area contributed by atoms with Crippen molar-refractivity contribution in [2.45, 2.75) is 20.0 Å². The molecule has 0 unspecified atom stereocenters. The van der Waals surface area contributed by atoms with E-state index in [1.165, 1.54) is 6.08 Å². The molecule has 1 aromatic carbocycles. The molecule has 1 aromatic heterocycles. The number of hydrogen-bond acceptors (Lipinski definition) is 4. The maximum absolute atomic E-state index is 12.0. The van der Waals surface area contributed by atoms with Gasteiger partial charge in [-0.3, -0.25) is 9.78 Å². The zero-order valence-corrected chi connectivity index (χ0v) is 12.9. The number of ether oxygens (including phenoxy) is 2. The zero-order chi connectivity index (χ0) is 15.9. The van der Waals surface area contributed by atoms with E-state index in [0.29, 0.717) is 17.1 Å². The van der Waals surface area contributed by atoms with Crippen molar-refractivity contribution < 1.29 is 14.3 Å². The van der Waals surface area contributed by atoms with Crippen LogP contribution in [0.3, 0.4) is 0 Å². The number of rotatable bonds is 6. The third-order valence-electron chi connectivity index (χ3n) is 2.92. The van der Waals surface area contributed by atoms with E-state index < -0.39 is 0 Å². The molecule has 4 nitrogen and oxygen atoms in total. The zero-order valence-electron chi connectivity index (χ0n) is 12.9. The maximum Gasteiger partial charge on any atom is 0.187 e. The summed E-state index contributed by atoms with van der Waals surface area (Å²) in [4.78, 5) is 16.0. The Kier molecular flexibility index (Phi) is 5.31. The highest BCUT2D eigenvalue weighted by Crippen LogP contribution is 2.29. The second-order valence-corrected chi connectivity index (χ2v) is 5.02. The first-order valence-corrected chi connectivity index (χ1v) is 7.07. The predicted molar refractivity (Wildman–Crippen MR) is 86.4 cm³/mol. The lowest BCUT2D eigenvalue weighted by molar-refractivity contribution is 0.104. The van der Waals surface area contributed by atoms with Gasteiger partial charge in [0.25, 0.3) is 0 Å². The van der Waals surface area contributed by atoms with Gasteiger partial charge < -0.3 is 9.47 Å². The summed E-state index contributed by atoms with van der Waals surface area (Å²) < 4.78 is 11.0. The van der Waals surface area contributed by atoms with Crippen LogP contribution in [0.5, 0.6) is 11.5 Å². The van der Waals surface area contributed by atoms with Gasteiger partial charge >= 0.3 is 0 Å². The van der Waals surface area contributed by atoms with Crippen molar-refractivity contribution in [1.82, 2.24) is 4.98 Å². The third-order valence-corrected chi connectivity index (χ3v) is 2.92. The molecule has 0 saturated carbocycles. The molecule has 0 N–H and O–H groups in total. The molecule has 0 bridgehead atoms. The predicted octanol–water partition coefficient (Wildman–Crippen LogP) is 3.77. The van der Waals surface area contributed by atoms with E-state index in [4.69, 9.17) is 9.47 Å². The minimum absolute atomic E-state index is 0.0464. The number of carbonyl (C=O) groups excluding carboxylic acids is 1. The van der Waals surface area contributed by atoms with Crippen LogP contribution in [0.4, 0.5) is 0 Å². The highest BCUT2D eigenvalue weighted by Gasteiger charge is 2.07.